The standard InChI is InChI=1S/C24H34N10O/c1-15-12-32(9-8-25-15)20-7-6-18(10-26-20)21-22-19(29-30-21)11-27-23(28-22)34-16(2)13-33(14-17(34)3)24(35)31(4)5/h6-7,10-11,15-17,25H,8-9,12-14H2,1-5H3,(H,29,30)/t15-,16?,17?/m1/s1. The predicted octanol–water partition coefficient (Wildman–Crippen LogP) is 1.79. The summed E-state index contributed by atoms with van der Waals surface area (Å²) in [6.07, 6.45) is 3.66. The molecule has 11 heteroatoms. The van der Waals surface area contributed by atoms with Crippen LogP contribution in [0.15, 0.2) is 24.5 Å². The van der Waals surface area contributed by atoms with Crippen LogP contribution in [0.2, 0.25) is 0 Å². The lowest BCUT2D eigenvalue weighted by Crippen LogP contribution is -2.60. The lowest BCUT2D eigenvalue weighted by atomic mass is 10.1. The maximum Gasteiger partial charge on any atom is 0.319 e. The molecule has 2 N–H and O–H groups in total. The normalized spacial score (nSPS) is 23.1. The molecular weight excluding hydrogens is 444 g/mol. The van der Waals surface area contributed by atoms with E-state index in [2.05, 4.69) is 63.2 Å². The summed E-state index contributed by atoms with van der Waals surface area (Å²) in [6, 6.07) is 4.76. The van der Waals surface area contributed by atoms with Crippen molar-refractivity contribution in [1.29, 1.82) is 0 Å². The molecule has 35 heavy (non-hydrogen) atoms. The maximum absolute atomic E-state index is 12.5. The van der Waals surface area contributed by atoms with Gasteiger partial charge in [0.1, 0.15) is 22.5 Å². The van der Waals surface area contributed by atoms with Gasteiger partial charge >= 0.3 is 6.03 Å². The summed E-state index contributed by atoms with van der Waals surface area (Å²) in [7, 11) is 3.57. The fraction of sp³-hybridized carbons (Fsp3) is 0.542. The third kappa shape index (κ3) is 4.47. The minimum atomic E-state index is 0.0306. The molecule has 0 saturated carbocycles. The van der Waals surface area contributed by atoms with E-state index in [0.29, 0.717) is 25.1 Å². The average molecular weight is 479 g/mol. The van der Waals surface area contributed by atoms with Gasteiger partial charge in [0.2, 0.25) is 5.95 Å². The van der Waals surface area contributed by atoms with Crippen LogP contribution in [0.4, 0.5) is 16.6 Å². The van der Waals surface area contributed by atoms with Crippen molar-refractivity contribution >= 4 is 28.8 Å². The molecular formula is C24H34N10O. The molecule has 0 spiro atoms. The van der Waals surface area contributed by atoms with Gasteiger partial charge in [0.05, 0.1) is 6.20 Å². The summed E-state index contributed by atoms with van der Waals surface area (Å²) >= 11 is 0. The van der Waals surface area contributed by atoms with Crippen LogP contribution < -0.4 is 15.1 Å². The Balaban J connectivity index is 1.40. The molecule has 2 unspecified atom stereocenters. The molecule has 11 nitrogen and oxygen atoms in total. The van der Waals surface area contributed by atoms with Crippen LogP contribution in [0.1, 0.15) is 20.8 Å². The Labute approximate surface area is 205 Å². The summed E-state index contributed by atoms with van der Waals surface area (Å²) < 4.78 is 0. The number of hydrogen-bond acceptors (Lipinski definition) is 8. The lowest BCUT2D eigenvalue weighted by molar-refractivity contribution is 0.152. The number of carbonyl (C=O) groups excluding carboxylic acids is 1. The molecule has 5 rings (SSSR count). The molecule has 3 atom stereocenters. The van der Waals surface area contributed by atoms with Gasteiger partial charge in [0.25, 0.3) is 0 Å². The SMILES string of the molecule is CC1CN(C(=O)N(C)C)CC(C)N1c1ncc2[nH]nc(-c3ccc(N4CCN[C@H](C)C4)nc3)c2n1. The van der Waals surface area contributed by atoms with E-state index in [0.717, 1.165) is 47.7 Å². The Morgan fingerprint density at radius 1 is 1.06 bits per heavy atom. The number of fused-ring (bicyclic) bond motifs is 1. The highest BCUT2D eigenvalue weighted by Gasteiger charge is 2.34. The topological polar surface area (TPSA) is 109 Å². The van der Waals surface area contributed by atoms with Crippen LogP contribution in [0, 0.1) is 0 Å². The summed E-state index contributed by atoms with van der Waals surface area (Å²) in [5.74, 6) is 1.63. The highest BCUT2D eigenvalue weighted by Crippen LogP contribution is 2.29. The van der Waals surface area contributed by atoms with Gasteiger partial charge in [-0.15, -0.1) is 0 Å². The minimum absolute atomic E-state index is 0.0306. The number of aromatic amines is 1. The summed E-state index contributed by atoms with van der Waals surface area (Å²) in [4.78, 5) is 34.8. The second-order valence-electron chi connectivity index (χ2n) is 9.90. The van der Waals surface area contributed by atoms with E-state index >= 15 is 0 Å². The Morgan fingerprint density at radius 2 is 1.83 bits per heavy atom. The minimum Gasteiger partial charge on any atom is -0.354 e. The van der Waals surface area contributed by atoms with E-state index < -0.39 is 0 Å². The first-order valence-electron chi connectivity index (χ1n) is 12.2. The van der Waals surface area contributed by atoms with Crippen molar-refractivity contribution in [2.24, 2.45) is 0 Å². The molecule has 186 valence electrons. The molecule has 0 aliphatic carbocycles. The van der Waals surface area contributed by atoms with Crippen molar-refractivity contribution in [3.8, 4) is 11.3 Å². The van der Waals surface area contributed by atoms with E-state index in [9.17, 15) is 4.79 Å². The molecule has 3 aromatic heterocycles. The largest absolute Gasteiger partial charge is 0.354 e. The Hall–Kier alpha value is -3.47. The van der Waals surface area contributed by atoms with Crippen molar-refractivity contribution in [3.05, 3.63) is 24.5 Å². The van der Waals surface area contributed by atoms with Gasteiger partial charge in [-0.1, -0.05) is 0 Å². The quantitative estimate of drug-likeness (QED) is 0.587. The van der Waals surface area contributed by atoms with Gasteiger partial charge in [-0.2, -0.15) is 5.10 Å². The first kappa shape index (κ1) is 23.3. The van der Waals surface area contributed by atoms with Crippen LogP contribution >= 0.6 is 0 Å². The summed E-state index contributed by atoms with van der Waals surface area (Å²) in [5.41, 5.74) is 3.23. The highest BCUT2D eigenvalue weighted by atomic mass is 16.2. The van der Waals surface area contributed by atoms with Crippen LogP contribution in [-0.2, 0) is 0 Å². The fourth-order valence-electron chi connectivity index (χ4n) is 5.14. The smallest absolute Gasteiger partial charge is 0.319 e. The predicted molar refractivity (Wildman–Crippen MR) is 137 cm³/mol. The lowest BCUT2D eigenvalue weighted by Gasteiger charge is -2.44. The number of piperazine rings is 2. The highest BCUT2D eigenvalue weighted by molar-refractivity contribution is 5.89. The first-order valence-corrected chi connectivity index (χ1v) is 12.2. The van der Waals surface area contributed by atoms with Crippen LogP contribution in [0.3, 0.4) is 0 Å². The molecule has 2 aliphatic rings. The van der Waals surface area contributed by atoms with Crippen molar-refractivity contribution in [2.75, 3.05) is 56.6 Å². The number of amides is 2. The van der Waals surface area contributed by atoms with Gasteiger partial charge < -0.3 is 24.9 Å². The number of nitrogens with zero attached hydrogens (tertiary/aromatic N) is 8. The van der Waals surface area contributed by atoms with Crippen molar-refractivity contribution in [3.63, 3.8) is 0 Å². The number of anilines is 2. The average Bonchev–Trinajstić information content (AvgIpc) is 3.26. The number of rotatable bonds is 3. The Morgan fingerprint density at radius 3 is 2.49 bits per heavy atom. The van der Waals surface area contributed by atoms with Gasteiger partial charge in [0.15, 0.2) is 0 Å². The first-order chi connectivity index (χ1) is 16.8. The zero-order chi connectivity index (χ0) is 24.7. The third-order valence-corrected chi connectivity index (χ3v) is 6.81. The summed E-state index contributed by atoms with van der Waals surface area (Å²) in [6.45, 7) is 10.5. The van der Waals surface area contributed by atoms with Crippen molar-refractivity contribution < 1.29 is 4.79 Å². The summed E-state index contributed by atoms with van der Waals surface area (Å²) in [5, 5.41) is 11.1. The van der Waals surface area contributed by atoms with Gasteiger partial charge in [-0.3, -0.25) is 5.10 Å². The molecule has 0 bridgehead atoms. The van der Waals surface area contributed by atoms with Crippen molar-refractivity contribution in [1.82, 2.24) is 40.3 Å². The Bertz CT molecular complexity index is 1180. The molecule has 2 amide bonds. The number of H-pyrrole nitrogens is 1. The van der Waals surface area contributed by atoms with E-state index in [-0.39, 0.29) is 18.1 Å². The number of urea groups is 1. The van der Waals surface area contributed by atoms with Gasteiger partial charge in [-0.25, -0.2) is 19.7 Å². The van der Waals surface area contributed by atoms with Gasteiger partial charge in [-0.05, 0) is 32.9 Å². The van der Waals surface area contributed by atoms with E-state index in [1.807, 2.05) is 11.1 Å². The number of aromatic nitrogens is 5. The molecule has 0 radical (unpaired) electrons. The fourth-order valence-corrected chi connectivity index (χ4v) is 5.14. The molecule has 2 saturated heterocycles. The second kappa shape index (κ2) is 9.29. The van der Waals surface area contributed by atoms with Crippen LogP contribution in [-0.4, -0.2) is 106 Å². The van der Waals surface area contributed by atoms with Crippen LogP contribution in [0.25, 0.3) is 22.3 Å². The van der Waals surface area contributed by atoms with E-state index in [1.165, 1.54) is 0 Å². The maximum atomic E-state index is 12.5. The van der Waals surface area contributed by atoms with Crippen molar-refractivity contribution in [2.45, 2.75) is 38.9 Å². The number of hydrogen-bond donors (Lipinski definition) is 2. The number of carbonyl (C=O) groups is 1. The van der Waals surface area contributed by atoms with Gasteiger partial charge in [0, 0.05) is 76.7 Å². The molecule has 2 aliphatic heterocycles. The van der Waals surface area contributed by atoms with Crippen LogP contribution in [0.5, 0.6) is 0 Å². The second-order valence-corrected chi connectivity index (χ2v) is 9.90. The third-order valence-electron chi connectivity index (χ3n) is 6.81. The number of pyridine rings is 1. The monoisotopic (exact) mass is 478 g/mol. The molecule has 5 heterocycles. The molecule has 2 fully saturated rings. The molecule has 3 aromatic rings. The Kier molecular flexibility index (Phi) is 6.18. The number of nitrogens with one attached hydrogen (secondary N) is 2. The van der Waals surface area contributed by atoms with E-state index in [1.54, 1.807) is 25.2 Å². The zero-order valence-electron chi connectivity index (χ0n) is 21.1. The molecule has 0 aromatic carbocycles. The van der Waals surface area contributed by atoms with E-state index in [4.69, 9.17) is 9.97 Å². The zero-order valence-corrected chi connectivity index (χ0v) is 21.1.